The van der Waals surface area contributed by atoms with Crippen molar-refractivity contribution in [1.29, 1.82) is 0 Å². The van der Waals surface area contributed by atoms with E-state index in [0.29, 0.717) is 19.3 Å². The van der Waals surface area contributed by atoms with Crippen molar-refractivity contribution in [3.63, 3.8) is 0 Å². The molecular formula is C56H95O11P. The summed E-state index contributed by atoms with van der Waals surface area (Å²) in [6, 6.07) is 0. The van der Waals surface area contributed by atoms with E-state index in [9.17, 15) is 28.9 Å². The molecule has 0 aliphatic heterocycles. The van der Waals surface area contributed by atoms with Gasteiger partial charge in [-0.1, -0.05) is 202 Å². The number of aliphatic hydroxyl groups is 1. The standard InChI is InChI=1S/C56H95O11P/c1-4-7-10-13-16-19-22-24-26-28-31-33-36-39-42-45-54(58)63-49-53(67-56(60)47-44-41-38-35-32-29-27-25-23-20-17-14-11-8-5-2)51-65-68(61,62)64-50-52(48-57)66-55(59)46-43-40-37-34-30-21-18-15-12-9-6-3/h8,11,16-17,19-20,24-27,32,35,41,44,52-53,57H,4-7,9-10,12-15,18,21-23,28-31,33-34,36-40,42-43,45-51H2,1-3H3,(H,61,62)/b11-8-,19-16-,20-17-,26-24-,27-25-,35-32-,44-41-. The highest BCUT2D eigenvalue weighted by molar-refractivity contribution is 7.47. The van der Waals surface area contributed by atoms with Crippen LogP contribution in [-0.2, 0) is 42.2 Å². The van der Waals surface area contributed by atoms with Crippen molar-refractivity contribution >= 4 is 25.7 Å². The molecule has 0 bridgehead atoms. The number of phosphoric ester groups is 1. The van der Waals surface area contributed by atoms with Crippen LogP contribution in [0, 0.1) is 0 Å². The Balaban J connectivity index is 4.89. The fraction of sp³-hybridized carbons (Fsp3) is 0.696. The van der Waals surface area contributed by atoms with E-state index in [4.69, 9.17) is 23.3 Å². The van der Waals surface area contributed by atoms with Gasteiger partial charge < -0.3 is 24.2 Å². The molecule has 3 unspecified atom stereocenters. The maximum Gasteiger partial charge on any atom is 0.472 e. The van der Waals surface area contributed by atoms with Crippen molar-refractivity contribution in [2.75, 3.05) is 26.4 Å². The van der Waals surface area contributed by atoms with Gasteiger partial charge in [0.15, 0.2) is 6.10 Å². The molecule has 2 N–H and O–H groups in total. The Kier molecular flexibility index (Phi) is 47.6. The number of unbranched alkanes of at least 4 members (excludes halogenated alkanes) is 18. The first-order chi connectivity index (χ1) is 33.2. The molecule has 0 aliphatic rings. The second-order valence-corrected chi connectivity index (χ2v) is 18.8. The van der Waals surface area contributed by atoms with E-state index in [1.165, 1.54) is 64.2 Å². The van der Waals surface area contributed by atoms with Crippen molar-refractivity contribution < 1.29 is 52.2 Å². The molecule has 0 aliphatic carbocycles. The summed E-state index contributed by atoms with van der Waals surface area (Å²) in [7, 11) is -4.77. The first-order valence-electron chi connectivity index (χ1n) is 26.5. The molecule has 0 heterocycles. The lowest BCUT2D eigenvalue weighted by Crippen LogP contribution is -2.30. The van der Waals surface area contributed by atoms with Gasteiger partial charge in [0.25, 0.3) is 0 Å². The van der Waals surface area contributed by atoms with Gasteiger partial charge in [-0.3, -0.25) is 23.4 Å². The van der Waals surface area contributed by atoms with Crippen LogP contribution in [0.15, 0.2) is 85.1 Å². The molecule has 0 radical (unpaired) electrons. The number of phosphoric acid groups is 1. The lowest BCUT2D eigenvalue weighted by Gasteiger charge is -2.21. The maximum atomic E-state index is 12.8. The first-order valence-corrected chi connectivity index (χ1v) is 28.0. The highest BCUT2D eigenvalue weighted by Gasteiger charge is 2.28. The van der Waals surface area contributed by atoms with Crippen LogP contribution >= 0.6 is 7.82 Å². The van der Waals surface area contributed by atoms with Crippen LogP contribution in [0.1, 0.15) is 213 Å². The van der Waals surface area contributed by atoms with E-state index in [1.807, 2.05) is 18.2 Å². The topological polar surface area (TPSA) is 155 Å². The third-order valence-electron chi connectivity index (χ3n) is 10.8. The number of rotatable bonds is 48. The summed E-state index contributed by atoms with van der Waals surface area (Å²) in [5.41, 5.74) is 0. The van der Waals surface area contributed by atoms with Crippen LogP contribution < -0.4 is 0 Å². The third kappa shape index (κ3) is 47.7. The Labute approximate surface area is 413 Å². The third-order valence-corrected chi connectivity index (χ3v) is 11.8. The molecule has 12 heteroatoms. The molecule has 0 saturated heterocycles. The van der Waals surface area contributed by atoms with Crippen LogP contribution in [0.3, 0.4) is 0 Å². The Morgan fingerprint density at radius 3 is 1.32 bits per heavy atom. The fourth-order valence-corrected chi connectivity index (χ4v) is 7.60. The lowest BCUT2D eigenvalue weighted by molar-refractivity contribution is -0.160. The monoisotopic (exact) mass is 975 g/mol. The summed E-state index contributed by atoms with van der Waals surface area (Å²) < 4.78 is 39.2. The van der Waals surface area contributed by atoms with Gasteiger partial charge in [0.05, 0.1) is 26.2 Å². The zero-order valence-electron chi connectivity index (χ0n) is 42.8. The van der Waals surface area contributed by atoms with Crippen LogP contribution in [0.25, 0.3) is 0 Å². The normalized spacial score (nSPS) is 14.1. The minimum atomic E-state index is -4.77. The molecule has 0 fully saturated rings. The maximum absolute atomic E-state index is 12.8. The van der Waals surface area contributed by atoms with Gasteiger partial charge in [0.2, 0.25) is 0 Å². The predicted molar refractivity (Wildman–Crippen MR) is 279 cm³/mol. The van der Waals surface area contributed by atoms with Gasteiger partial charge in [0, 0.05) is 12.8 Å². The zero-order chi connectivity index (χ0) is 49.9. The van der Waals surface area contributed by atoms with Crippen LogP contribution in [0.5, 0.6) is 0 Å². The molecule has 0 aromatic carbocycles. The quantitative estimate of drug-likeness (QED) is 0.0197. The van der Waals surface area contributed by atoms with Crippen molar-refractivity contribution in [2.24, 2.45) is 0 Å². The predicted octanol–water partition coefficient (Wildman–Crippen LogP) is 15.1. The van der Waals surface area contributed by atoms with E-state index in [2.05, 4.69) is 81.5 Å². The van der Waals surface area contributed by atoms with Crippen molar-refractivity contribution in [1.82, 2.24) is 0 Å². The fourth-order valence-electron chi connectivity index (χ4n) is 6.81. The SMILES string of the molecule is CC/C=C\C/C=C\C/C=C\C/C=C\C/C=C\CC(=O)OC(COC(=O)CCCCCCC/C=C\C/C=C\CCCCC)COP(=O)(O)OCC(CO)OC(=O)CCCCCCCCCCCCC. The van der Waals surface area contributed by atoms with Crippen molar-refractivity contribution in [3.8, 4) is 0 Å². The molecule has 11 nitrogen and oxygen atoms in total. The van der Waals surface area contributed by atoms with Crippen molar-refractivity contribution in [3.05, 3.63) is 85.1 Å². The molecule has 3 atom stereocenters. The van der Waals surface area contributed by atoms with Gasteiger partial charge in [-0.2, -0.15) is 0 Å². The second-order valence-electron chi connectivity index (χ2n) is 17.3. The zero-order valence-corrected chi connectivity index (χ0v) is 43.7. The smallest absolute Gasteiger partial charge is 0.462 e. The number of esters is 3. The minimum Gasteiger partial charge on any atom is -0.462 e. The van der Waals surface area contributed by atoms with Gasteiger partial charge in [-0.15, -0.1) is 0 Å². The molecule has 0 saturated carbocycles. The molecule has 68 heavy (non-hydrogen) atoms. The first kappa shape index (κ1) is 64.7. The summed E-state index contributed by atoms with van der Waals surface area (Å²) in [4.78, 5) is 48.3. The lowest BCUT2D eigenvalue weighted by atomic mass is 10.1. The van der Waals surface area contributed by atoms with Gasteiger partial charge in [0.1, 0.15) is 12.7 Å². The second kappa shape index (κ2) is 50.1. The Morgan fingerprint density at radius 2 is 0.824 bits per heavy atom. The number of hydrogen-bond acceptors (Lipinski definition) is 10. The van der Waals surface area contributed by atoms with Crippen LogP contribution in [0.2, 0.25) is 0 Å². The average molecular weight is 975 g/mol. The Morgan fingerprint density at radius 1 is 0.441 bits per heavy atom. The van der Waals surface area contributed by atoms with E-state index in [-0.39, 0.29) is 25.9 Å². The van der Waals surface area contributed by atoms with E-state index in [1.54, 1.807) is 6.08 Å². The number of carbonyl (C=O) groups excluding carboxylic acids is 3. The van der Waals surface area contributed by atoms with Gasteiger partial charge in [-0.25, -0.2) is 4.57 Å². The summed E-state index contributed by atoms with van der Waals surface area (Å²) in [6.07, 6.45) is 55.8. The summed E-state index contributed by atoms with van der Waals surface area (Å²) in [5.74, 6) is -1.64. The molecule has 0 rings (SSSR count). The molecule has 0 aromatic heterocycles. The molecule has 0 aromatic rings. The highest BCUT2D eigenvalue weighted by Crippen LogP contribution is 2.43. The number of hydrogen-bond donors (Lipinski definition) is 2. The van der Waals surface area contributed by atoms with Gasteiger partial charge in [-0.05, 0) is 77.0 Å². The van der Waals surface area contributed by atoms with Crippen LogP contribution in [-0.4, -0.2) is 66.5 Å². The number of ether oxygens (including phenoxy) is 3. The Bertz CT molecular complexity index is 1460. The summed E-state index contributed by atoms with van der Waals surface area (Å²) >= 11 is 0. The average Bonchev–Trinajstić information content (AvgIpc) is 3.32. The highest BCUT2D eigenvalue weighted by atomic mass is 31.2. The number of allylic oxidation sites excluding steroid dienone is 13. The number of aliphatic hydroxyl groups excluding tert-OH is 1. The minimum absolute atomic E-state index is 0.0695. The summed E-state index contributed by atoms with van der Waals surface area (Å²) in [6.45, 7) is 4.35. The van der Waals surface area contributed by atoms with Gasteiger partial charge >= 0.3 is 25.7 Å². The molecule has 0 spiro atoms. The van der Waals surface area contributed by atoms with E-state index >= 15 is 0 Å². The number of carbonyl (C=O) groups is 3. The van der Waals surface area contributed by atoms with Crippen LogP contribution in [0.4, 0.5) is 0 Å². The van der Waals surface area contributed by atoms with E-state index in [0.717, 1.165) is 89.9 Å². The largest absolute Gasteiger partial charge is 0.472 e. The molecule has 0 amide bonds. The van der Waals surface area contributed by atoms with Crippen molar-refractivity contribution in [2.45, 2.75) is 226 Å². The molecular weight excluding hydrogens is 880 g/mol. The summed E-state index contributed by atoms with van der Waals surface area (Å²) in [5, 5.41) is 9.76. The van der Waals surface area contributed by atoms with E-state index < -0.39 is 57.8 Å². The Hall–Kier alpha value is -3.34. The molecule has 390 valence electrons.